The molecule has 0 saturated carbocycles. The molecule has 0 amide bonds. The van der Waals surface area contributed by atoms with Crippen LogP contribution in [0.2, 0.25) is 0 Å². The highest BCUT2D eigenvalue weighted by molar-refractivity contribution is 7.18. The second-order valence-electron chi connectivity index (χ2n) is 5.12. The van der Waals surface area contributed by atoms with Crippen molar-refractivity contribution >= 4 is 27.2 Å². The van der Waals surface area contributed by atoms with Crippen LogP contribution in [0.3, 0.4) is 0 Å². The van der Waals surface area contributed by atoms with Crippen molar-refractivity contribution in [2.75, 3.05) is 11.6 Å². The number of halogens is 1. The van der Waals surface area contributed by atoms with Gasteiger partial charge in [-0.15, -0.1) is 0 Å². The Morgan fingerprint density at radius 1 is 1.05 bits per heavy atom. The summed E-state index contributed by atoms with van der Waals surface area (Å²) >= 11 is 1.85. The molecule has 0 saturated heterocycles. The molecule has 2 N–H and O–H groups in total. The molecule has 1 aromatic heterocycles. The third-order valence-electron chi connectivity index (χ3n) is 3.66. The van der Waals surface area contributed by atoms with E-state index >= 15 is 0 Å². The molecule has 0 unspecified atom stereocenters. The van der Waals surface area contributed by atoms with Gasteiger partial charge >= 0.3 is 0 Å². The maximum absolute atomic E-state index is 6.11. The number of nitrogens with zero attached hydrogens (tertiary/aromatic N) is 2. The fourth-order valence-electron chi connectivity index (χ4n) is 2.58. The van der Waals surface area contributed by atoms with Gasteiger partial charge in [-0.1, -0.05) is 41.7 Å². The third-order valence-corrected chi connectivity index (χ3v) is 4.74. The van der Waals surface area contributed by atoms with Gasteiger partial charge < -0.3 is 22.0 Å². The Morgan fingerprint density at radius 3 is 2.50 bits per heavy atom. The van der Waals surface area contributed by atoms with Crippen LogP contribution in [0.15, 0.2) is 54.6 Å². The summed E-state index contributed by atoms with van der Waals surface area (Å²) in [5, 5.41) is 3.17. The van der Waals surface area contributed by atoms with Crippen molar-refractivity contribution in [2.45, 2.75) is 19.9 Å². The summed E-state index contributed by atoms with van der Waals surface area (Å²) in [6.45, 7) is 4.03. The van der Waals surface area contributed by atoms with Crippen LogP contribution in [0.25, 0.3) is 10.2 Å². The predicted octanol–water partition coefficient (Wildman–Crippen LogP) is 0.272. The molecule has 0 spiro atoms. The van der Waals surface area contributed by atoms with Crippen LogP contribution < -0.4 is 32.4 Å². The molecular formula is C17H20BrN3S. The Kier molecular flexibility index (Phi) is 5.94. The lowest BCUT2D eigenvalue weighted by Crippen LogP contribution is -3.00. The maximum Gasteiger partial charge on any atom is 0.235 e. The van der Waals surface area contributed by atoms with Gasteiger partial charge in [-0.2, -0.15) is 4.57 Å². The molecule has 3 nitrogen and oxygen atoms in total. The topological polar surface area (TPSA) is 33.1 Å². The molecule has 0 bridgehead atoms. The minimum atomic E-state index is 0. The molecule has 0 aliphatic rings. The van der Waals surface area contributed by atoms with Crippen molar-refractivity contribution in [1.29, 1.82) is 0 Å². The fourth-order valence-corrected chi connectivity index (χ4v) is 3.62. The first-order valence-corrected chi connectivity index (χ1v) is 8.02. The van der Waals surface area contributed by atoms with Crippen molar-refractivity contribution in [2.24, 2.45) is 5.84 Å². The van der Waals surface area contributed by atoms with E-state index in [1.54, 1.807) is 0 Å². The molecule has 116 valence electrons. The number of aryl methyl sites for hydroxylation is 2. The number of thiazole rings is 1. The molecule has 3 aromatic rings. The lowest BCUT2D eigenvalue weighted by atomic mass is 10.3. The van der Waals surface area contributed by atoms with Gasteiger partial charge in [0.1, 0.15) is 4.70 Å². The van der Waals surface area contributed by atoms with Crippen molar-refractivity contribution in [3.05, 3.63) is 59.6 Å². The third kappa shape index (κ3) is 3.66. The lowest BCUT2D eigenvalue weighted by Gasteiger charge is -2.17. The van der Waals surface area contributed by atoms with Crippen LogP contribution >= 0.6 is 11.3 Å². The number of aromatic nitrogens is 1. The number of benzene rings is 2. The van der Waals surface area contributed by atoms with Crippen LogP contribution in [0.5, 0.6) is 0 Å². The predicted molar refractivity (Wildman–Crippen MR) is 89.3 cm³/mol. The van der Waals surface area contributed by atoms with Gasteiger partial charge in [-0.25, -0.2) is 5.84 Å². The number of hydrogen-bond acceptors (Lipinski definition) is 3. The Labute approximate surface area is 145 Å². The van der Waals surface area contributed by atoms with Crippen molar-refractivity contribution in [3.63, 3.8) is 0 Å². The highest BCUT2D eigenvalue weighted by Crippen LogP contribution is 2.19. The second-order valence-corrected chi connectivity index (χ2v) is 6.36. The number of anilines is 1. The summed E-state index contributed by atoms with van der Waals surface area (Å²) in [5.74, 6) is 6.11. The normalized spacial score (nSPS) is 10.5. The first-order chi connectivity index (χ1) is 10.3. The molecule has 5 heteroatoms. The van der Waals surface area contributed by atoms with Crippen LogP contribution in [0.1, 0.15) is 11.4 Å². The first kappa shape index (κ1) is 16.9. The molecule has 22 heavy (non-hydrogen) atoms. The Bertz CT molecular complexity index is 727. The van der Waals surface area contributed by atoms with Gasteiger partial charge in [-0.3, -0.25) is 0 Å². The van der Waals surface area contributed by atoms with Gasteiger partial charge in [0.05, 0.1) is 5.69 Å². The average Bonchev–Trinajstić information content (AvgIpc) is 2.84. The van der Waals surface area contributed by atoms with E-state index < -0.39 is 0 Å². The summed E-state index contributed by atoms with van der Waals surface area (Å²) < 4.78 is 3.74. The molecule has 0 radical (unpaired) electrons. The zero-order valence-electron chi connectivity index (χ0n) is 12.6. The number of nitrogens with two attached hydrogens (primary N) is 1. The van der Waals surface area contributed by atoms with Crippen LogP contribution in [0, 0.1) is 6.92 Å². The van der Waals surface area contributed by atoms with Gasteiger partial charge in [0.25, 0.3) is 0 Å². The van der Waals surface area contributed by atoms with E-state index in [1.165, 1.54) is 15.2 Å². The van der Waals surface area contributed by atoms with Crippen molar-refractivity contribution in [3.8, 4) is 0 Å². The second kappa shape index (κ2) is 7.72. The van der Waals surface area contributed by atoms with Gasteiger partial charge in [0.15, 0.2) is 6.54 Å². The van der Waals surface area contributed by atoms with E-state index in [1.807, 2.05) is 46.7 Å². The zero-order chi connectivity index (χ0) is 14.7. The Balaban J connectivity index is 0.00000176. The molecule has 0 atom stereocenters. The van der Waals surface area contributed by atoms with Gasteiger partial charge in [0, 0.05) is 26.0 Å². The van der Waals surface area contributed by atoms with Crippen molar-refractivity contribution in [1.82, 2.24) is 0 Å². The largest absolute Gasteiger partial charge is 1.00 e. The maximum atomic E-state index is 6.11. The van der Waals surface area contributed by atoms with E-state index in [-0.39, 0.29) is 17.0 Å². The summed E-state index contributed by atoms with van der Waals surface area (Å²) in [6.07, 6.45) is 1.03. The summed E-state index contributed by atoms with van der Waals surface area (Å²) in [7, 11) is 0. The smallest absolute Gasteiger partial charge is 0.235 e. The van der Waals surface area contributed by atoms with E-state index in [4.69, 9.17) is 5.84 Å². The number of hydrogen-bond donors (Lipinski definition) is 1. The van der Waals surface area contributed by atoms with Crippen LogP contribution in [0.4, 0.5) is 5.69 Å². The summed E-state index contributed by atoms with van der Waals surface area (Å²) in [4.78, 5) is 0. The highest BCUT2D eigenvalue weighted by atomic mass is 79.9. The average molecular weight is 378 g/mol. The summed E-state index contributed by atoms with van der Waals surface area (Å²) in [5.41, 5.74) is 2.39. The SMILES string of the molecule is Cc1sc2ccccc2[n+]1CCCN(N)c1ccccc1.[Br-]. The van der Waals surface area contributed by atoms with Crippen LogP contribution in [-0.2, 0) is 6.54 Å². The lowest BCUT2D eigenvalue weighted by molar-refractivity contribution is -0.673. The van der Waals surface area contributed by atoms with E-state index in [9.17, 15) is 0 Å². The van der Waals surface area contributed by atoms with Gasteiger partial charge in [-0.05, 0) is 18.2 Å². The van der Waals surface area contributed by atoms with E-state index in [0.717, 1.165) is 25.2 Å². The monoisotopic (exact) mass is 377 g/mol. The molecular weight excluding hydrogens is 358 g/mol. The number of para-hydroxylation sites is 2. The van der Waals surface area contributed by atoms with E-state index in [0.29, 0.717) is 0 Å². The minimum Gasteiger partial charge on any atom is -1.00 e. The molecule has 0 aliphatic carbocycles. The fraction of sp³-hybridized carbons (Fsp3) is 0.235. The van der Waals surface area contributed by atoms with Crippen molar-refractivity contribution < 1.29 is 21.5 Å². The minimum absolute atomic E-state index is 0. The molecule has 3 rings (SSSR count). The highest BCUT2D eigenvalue weighted by Gasteiger charge is 2.16. The molecule has 2 aromatic carbocycles. The number of fused-ring (bicyclic) bond motifs is 1. The summed E-state index contributed by atoms with van der Waals surface area (Å²) in [6, 6.07) is 18.7. The number of hydrazine groups is 1. The number of rotatable bonds is 5. The molecule has 0 fully saturated rings. The van der Waals surface area contributed by atoms with Crippen LogP contribution in [-0.4, -0.2) is 6.54 Å². The zero-order valence-corrected chi connectivity index (χ0v) is 15.0. The quantitative estimate of drug-likeness (QED) is 0.393. The Hall–Kier alpha value is -1.43. The van der Waals surface area contributed by atoms with Gasteiger partial charge in [0.2, 0.25) is 10.5 Å². The van der Waals surface area contributed by atoms with E-state index in [2.05, 4.69) is 35.8 Å². The molecule has 1 heterocycles. The standard InChI is InChI=1S/C17H20N3S.BrH/c1-14-19(16-10-5-6-11-17(16)21-14)12-7-13-20(18)15-8-3-2-4-9-15;/h2-6,8-11H,7,12-13,18H2,1H3;1H/q+1;/p-1. The molecule has 0 aliphatic heterocycles. The first-order valence-electron chi connectivity index (χ1n) is 7.21. The Morgan fingerprint density at radius 2 is 1.73 bits per heavy atom.